The van der Waals surface area contributed by atoms with E-state index in [1.807, 2.05) is 63.2 Å². The van der Waals surface area contributed by atoms with Gasteiger partial charge in [0, 0.05) is 16.1 Å². The Morgan fingerprint density at radius 2 is 1.80 bits per heavy atom. The minimum Gasteiger partial charge on any atom is -0.480 e. The van der Waals surface area contributed by atoms with Gasteiger partial charge < -0.3 is 15.2 Å². The molecule has 0 fully saturated rings. The molecule has 0 spiro atoms. The molecule has 3 aromatic rings. The maximum Gasteiger partial charge on any atom is 0.319 e. The van der Waals surface area contributed by atoms with Gasteiger partial charge >= 0.3 is 5.97 Å². The van der Waals surface area contributed by atoms with Gasteiger partial charge in [0.1, 0.15) is 4.75 Å². The second-order valence-electron chi connectivity index (χ2n) is 9.08. The highest BCUT2D eigenvalue weighted by Gasteiger charge is 2.28. The van der Waals surface area contributed by atoms with Gasteiger partial charge in [0.25, 0.3) is 5.91 Å². The number of carboxylic acids is 1. The Morgan fingerprint density at radius 3 is 2.40 bits per heavy atom. The molecule has 1 heterocycles. The summed E-state index contributed by atoms with van der Waals surface area (Å²) >= 11 is 1.27. The molecule has 1 aromatic heterocycles. The number of aliphatic carboxylic acids is 1. The highest BCUT2D eigenvalue weighted by Crippen LogP contribution is 2.34. The van der Waals surface area contributed by atoms with Crippen LogP contribution in [0, 0.1) is 20.8 Å². The number of carboxylic acid groups (broad SMARTS) is 1. The normalized spacial score (nSPS) is 11.4. The lowest BCUT2D eigenvalue weighted by atomic mass is 10.1. The summed E-state index contributed by atoms with van der Waals surface area (Å²) in [4.78, 5) is 25.5. The van der Waals surface area contributed by atoms with E-state index in [0.29, 0.717) is 23.7 Å². The van der Waals surface area contributed by atoms with E-state index in [1.165, 1.54) is 11.8 Å². The van der Waals surface area contributed by atoms with Crippen LogP contribution in [0.4, 0.5) is 5.69 Å². The molecule has 1 amide bonds. The number of aromatic nitrogens is 2. The number of unbranched alkanes of at least 4 members (excludes halogenated alkanes) is 1. The van der Waals surface area contributed by atoms with E-state index in [-0.39, 0.29) is 5.91 Å². The first kappa shape index (κ1) is 26.3. The number of ether oxygens (including phenoxy) is 1. The van der Waals surface area contributed by atoms with Crippen molar-refractivity contribution in [2.45, 2.75) is 64.0 Å². The number of benzene rings is 2. The van der Waals surface area contributed by atoms with Gasteiger partial charge in [0.2, 0.25) is 5.88 Å². The van der Waals surface area contributed by atoms with Crippen molar-refractivity contribution in [3.8, 4) is 11.6 Å². The molecule has 0 saturated heterocycles. The summed E-state index contributed by atoms with van der Waals surface area (Å²) < 4.78 is 6.75. The second kappa shape index (κ2) is 11.0. The third-order valence-electron chi connectivity index (χ3n) is 5.62. The average Bonchev–Trinajstić information content (AvgIpc) is 3.12. The number of carbonyl (C=O) groups excluding carboxylic acids is 1. The summed E-state index contributed by atoms with van der Waals surface area (Å²) in [5, 5.41) is 17.0. The van der Waals surface area contributed by atoms with Crippen molar-refractivity contribution < 1.29 is 19.4 Å². The number of hydrogen-bond acceptors (Lipinski definition) is 5. The molecule has 8 heteroatoms. The van der Waals surface area contributed by atoms with Gasteiger partial charge in [-0.05, 0) is 76.9 Å². The Bertz CT molecular complexity index is 1220. The fourth-order valence-corrected chi connectivity index (χ4v) is 4.43. The monoisotopic (exact) mass is 495 g/mol. The highest BCUT2D eigenvalue weighted by molar-refractivity contribution is 8.01. The number of carbonyl (C=O) groups is 2. The zero-order chi connectivity index (χ0) is 25.8. The fourth-order valence-electron chi connectivity index (χ4n) is 3.48. The molecule has 0 bridgehead atoms. The number of thioether (sulfide) groups is 1. The van der Waals surface area contributed by atoms with Crippen molar-refractivity contribution >= 4 is 29.3 Å². The zero-order valence-corrected chi connectivity index (χ0v) is 22.0. The molecule has 2 aromatic carbocycles. The van der Waals surface area contributed by atoms with Crippen LogP contribution in [-0.4, -0.2) is 38.1 Å². The Morgan fingerprint density at radius 1 is 1.11 bits per heavy atom. The molecule has 0 saturated carbocycles. The number of hydrogen-bond donors (Lipinski definition) is 2. The van der Waals surface area contributed by atoms with Crippen LogP contribution >= 0.6 is 11.8 Å². The lowest BCUT2D eigenvalue weighted by Gasteiger charge is -2.18. The molecule has 0 aliphatic carbocycles. The van der Waals surface area contributed by atoms with E-state index < -0.39 is 10.7 Å². The van der Waals surface area contributed by atoms with E-state index in [1.54, 1.807) is 18.5 Å². The van der Waals surface area contributed by atoms with Crippen molar-refractivity contribution in [3.63, 3.8) is 0 Å². The smallest absolute Gasteiger partial charge is 0.319 e. The van der Waals surface area contributed by atoms with Gasteiger partial charge in [0.15, 0.2) is 5.69 Å². The lowest BCUT2D eigenvalue weighted by molar-refractivity contribution is -0.138. The van der Waals surface area contributed by atoms with E-state index in [2.05, 4.69) is 17.3 Å². The van der Waals surface area contributed by atoms with Crippen LogP contribution in [0.15, 0.2) is 47.4 Å². The molecule has 0 atom stereocenters. The number of nitrogens with zero attached hydrogens (tertiary/aromatic N) is 2. The molecule has 0 aliphatic rings. The summed E-state index contributed by atoms with van der Waals surface area (Å²) in [5.74, 6) is -0.653. The molecule has 3 rings (SSSR count). The topological polar surface area (TPSA) is 93.5 Å². The van der Waals surface area contributed by atoms with E-state index in [4.69, 9.17) is 4.74 Å². The minimum absolute atomic E-state index is 0.293. The van der Waals surface area contributed by atoms with Gasteiger partial charge in [-0.3, -0.25) is 9.59 Å². The van der Waals surface area contributed by atoms with E-state index in [0.717, 1.165) is 40.2 Å². The fraction of sp³-hybridized carbons (Fsp3) is 0.370. The van der Waals surface area contributed by atoms with Crippen LogP contribution in [0.1, 0.15) is 60.8 Å². The molecular formula is C27H33N3O4S. The van der Waals surface area contributed by atoms with Crippen LogP contribution in [0.2, 0.25) is 0 Å². The quantitative estimate of drug-likeness (QED) is 0.258. The number of nitrogens with one attached hydrogen (secondary N) is 1. The second-order valence-corrected chi connectivity index (χ2v) is 10.8. The van der Waals surface area contributed by atoms with Crippen molar-refractivity contribution in [1.29, 1.82) is 0 Å². The molecular weight excluding hydrogens is 462 g/mol. The molecule has 0 unspecified atom stereocenters. The third kappa shape index (κ3) is 6.25. The van der Waals surface area contributed by atoms with Gasteiger partial charge in [-0.15, -0.1) is 11.8 Å². The van der Waals surface area contributed by atoms with Crippen molar-refractivity contribution in [2.24, 2.45) is 0 Å². The first-order chi connectivity index (χ1) is 16.5. The highest BCUT2D eigenvalue weighted by atomic mass is 32.2. The molecule has 35 heavy (non-hydrogen) atoms. The molecule has 186 valence electrons. The van der Waals surface area contributed by atoms with Gasteiger partial charge in [-0.25, -0.2) is 4.68 Å². The maximum atomic E-state index is 13.2. The molecule has 2 N–H and O–H groups in total. The third-order valence-corrected chi connectivity index (χ3v) is 6.81. The Balaban J connectivity index is 1.93. The van der Waals surface area contributed by atoms with Crippen LogP contribution < -0.4 is 10.1 Å². The van der Waals surface area contributed by atoms with Crippen LogP contribution in [-0.2, 0) is 4.79 Å². The Labute approximate surface area is 210 Å². The summed E-state index contributed by atoms with van der Waals surface area (Å²) in [6.45, 7) is 11.8. The molecule has 7 nitrogen and oxygen atoms in total. The Kier molecular flexibility index (Phi) is 8.27. The van der Waals surface area contributed by atoms with Gasteiger partial charge in [-0.1, -0.05) is 31.0 Å². The maximum absolute atomic E-state index is 13.2. The van der Waals surface area contributed by atoms with Gasteiger partial charge in [0.05, 0.1) is 12.3 Å². The van der Waals surface area contributed by atoms with Crippen LogP contribution in [0.5, 0.6) is 5.88 Å². The van der Waals surface area contributed by atoms with Crippen molar-refractivity contribution in [2.75, 3.05) is 11.9 Å². The minimum atomic E-state index is -0.947. The number of aryl methyl sites for hydroxylation is 2. The largest absolute Gasteiger partial charge is 0.480 e. The predicted octanol–water partition coefficient (Wildman–Crippen LogP) is 6.18. The summed E-state index contributed by atoms with van der Waals surface area (Å²) in [6, 6.07) is 13.3. The van der Waals surface area contributed by atoms with Gasteiger partial charge in [-0.2, -0.15) is 5.10 Å². The van der Waals surface area contributed by atoms with E-state index in [9.17, 15) is 14.7 Å². The molecule has 0 radical (unpaired) electrons. The summed E-state index contributed by atoms with van der Waals surface area (Å²) in [7, 11) is 0. The summed E-state index contributed by atoms with van der Waals surface area (Å²) in [5.41, 5.74) is 4.52. The lowest BCUT2D eigenvalue weighted by Crippen LogP contribution is -2.26. The summed E-state index contributed by atoms with van der Waals surface area (Å²) in [6.07, 6.45) is 1.87. The number of rotatable bonds is 10. The zero-order valence-electron chi connectivity index (χ0n) is 21.1. The predicted molar refractivity (Wildman–Crippen MR) is 140 cm³/mol. The van der Waals surface area contributed by atoms with Crippen LogP contribution in [0.25, 0.3) is 5.69 Å². The molecule has 0 aliphatic heterocycles. The SMILES string of the molecule is CCCCOc1c(C)c(C(=O)Nc2ccc(C)cc2C)nn1-c1ccc(SC(C)(C)C(=O)O)cc1. The van der Waals surface area contributed by atoms with Crippen molar-refractivity contribution in [1.82, 2.24) is 9.78 Å². The van der Waals surface area contributed by atoms with Crippen LogP contribution in [0.3, 0.4) is 0 Å². The average molecular weight is 496 g/mol. The Hall–Kier alpha value is -3.26. The van der Waals surface area contributed by atoms with Crippen molar-refractivity contribution in [3.05, 3.63) is 64.8 Å². The first-order valence-electron chi connectivity index (χ1n) is 11.7. The number of anilines is 1. The first-order valence-corrected chi connectivity index (χ1v) is 12.5. The number of amides is 1. The standard InChI is InChI=1S/C27H33N3O4S/c1-7-8-15-34-25-19(4)23(24(31)28-22-14-9-17(2)16-18(22)3)29-30(25)20-10-12-21(13-11-20)35-27(5,6)26(32)33/h9-14,16H,7-8,15H2,1-6H3,(H,28,31)(H,32,33). The van der Waals surface area contributed by atoms with E-state index >= 15 is 0 Å².